The Labute approximate surface area is 206 Å². The second kappa shape index (κ2) is 8.20. The minimum atomic E-state index is -0.860. The van der Waals surface area contributed by atoms with Crippen LogP contribution in [0.1, 0.15) is 113 Å². The summed E-state index contributed by atoms with van der Waals surface area (Å²) in [6.07, 6.45) is 11.2. The lowest BCUT2D eigenvalue weighted by atomic mass is 9.43. The van der Waals surface area contributed by atoms with Crippen LogP contribution in [0.4, 0.5) is 0 Å². The quantitative estimate of drug-likeness (QED) is 0.309. The summed E-state index contributed by atoms with van der Waals surface area (Å²) in [7, 11) is 0. The highest BCUT2D eigenvalue weighted by atomic mass is 16.4. The first-order valence-corrected chi connectivity index (χ1v) is 13.7. The number of hydrogen-bond acceptors (Lipinski definition) is 3. The predicted molar refractivity (Wildman–Crippen MR) is 136 cm³/mol. The third-order valence-electron chi connectivity index (χ3n) is 12.1. The summed E-state index contributed by atoms with van der Waals surface area (Å²) in [5, 5.41) is 32.2. The van der Waals surface area contributed by atoms with Gasteiger partial charge in [-0.1, -0.05) is 58.8 Å². The normalized spacial score (nSPS) is 44.8. The molecule has 4 aliphatic carbocycles. The van der Waals surface area contributed by atoms with Crippen LogP contribution in [-0.2, 0) is 4.79 Å². The van der Waals surface area contributed by atoms with Crippen molar-refractivity contribution >= 4 is 5.97 Å². The third-order valence-corrected chi connectivity index (χ3v) is 12.1. The zero-order chi connectivity index (χ0) is 25.3. The molecule has 2 fully saturated rings. The van der Waals surface area contributed by atoms with Crippen LogP contribution in [-0.4, -0.2) is 33.0 Å². The summed E-state index contributed by atoms with van der Waals surface area (Å²) < 4.78 is 0. The molecule has 34 heavy (non-hydrogen) atoms. The van der Waals surface area contributed by atoms with E-state index in [1.807, 2.05) is 6.08 Å². The van der Waals surface area contributed by atoms with Gasteiger partial charge in [0.15, 0.2) is 0 Å². The highest BCUT2D eigenvalue weighted by molar-refractivity contribution is 5.85. The molecule has 2 saturated carbocycles. The molecule has 0 bridgehead atoms. The van der Waals surface area contributed by atoms with E-state index in [-0.39, 0.29) is 33.7 Å². The first-order valence-electron chi connectivity index (χ1n) is 13.7. The maximum atomic E-state index is 12.3. The molecule has 0 aromatic carbocycles. The van der Waals surface area contributed by atoms with Crippen molar-refractivity contribution in [2.24, 2.45) is 33.5 Å². The Morgan fingerprint density at radius 1 is 1.03 bits per heavy atom. The van der Waals surface area contributed by atoms with Gasteiger partial charge in [0.25, 0.3) is 0 Å². The van der Waals surface area contributed by atoms with Gasteiger partial charge in [-0.25, -0.2) is 4.79 Å². The maximum absolute atomic E-state index is 12.3. The van der Waals surface area contributed by atoms with E-state index in [4.69, 9.17) is 5.11 Å². The van der Waals surface area contributed by atoms with Crippen molar-refractivity contribution in [3.05, 3.63) is 22.8 Å². The number of carboxylic acids is 1. The number of aliphatic hydroxyl groups is 2. The van der Waals surface area contributed by atoms with Gasteiger partial charge in [0.05, 0.1) is 11.7 Å². The lowest BCUT2D eigenvalue weighted by Gasteiger charge is -2.63. The molecule has 0 heterocycles. The zero-order valence-electron chi connectivity index (χ0n) is 22.6. The summed E-state index contributed by atoms with van der Waals surface area (Å²) in [5.41, 5.74) is 2.90. The van der Waals surface area contributed by atoms with E-state index in [1.165, 1.54) is 0 Å². The first-order chi connectivity index (χ1) is 15.6. The minimum absolute atomic E-state index is 0.00456. The second-order valence-electron chi connectivity index (χ2n) is 13.6. The number of fused-ring (bicyclic) bond motifs is 4. The van der Waals surface area contributed by atoms with Crippen LogP contribution in [0.3, 0.4) is 0 Å². The molecular formula is C30H48O4. The fourth-order valence-corrected chi connectivity index (χ4v) is 9.41. The van der Waals surface area contributed by atoms with Crippen LogP contribution >= 0.6 is 0 Å². The van der Waals surface area contributed by atoms with Crippen molar-refractivity contribution in [1.29, 1.82) is 0 Å². The van der Waals surface area contributed by atoms with E-state index in [0.717, 1.165) is 57.8 Å². The minimum Gasteiger partial charge on any atom is -0.478 e. The first kappa shape index (κ1) is 25.9. The molecular weight excluding hydrogens is 424 g/mol. The Morgan fingerprint density at radius 2 is 1.71 bits per heavy atom. The van der Waals surface area contributed by atoms with Gasteiger partial charge < -0.3 is 15.3 Å². The fourth-order valence-electron chi connectivity index (χ4n) is 9.41. The van der Waals surface area contributed by atoms with Crippen molar-refractivity contribution in [1.82, 2.24) is 0 Å². The molecule has 4 rings (SSSR count). The van der Waals surface area contributed by atoms with Gasteiger partial charge in [-0.15, -0.1) is 0 Å². The van der Waals surface area contributed by atoms with Crippen LogP contribution in [0.2, 0.25) is 0 Å². The summed E-state index contributed by atoms with van der Waals surface area (Å²) in [4.78, 5) is 11.2. The summed E-state index contributed by atoms with van der Waals surface area (Å²) in [6, 6.07) is 0. The SMILES string of the molecule is C/C(=C\CC[C@@H](C)[C@@]1(O)CC[C@@]2(C)C3=C(CC[C@@]21C)[C@@]1(C)CC[C@@H](O)C(C)(C)[C@@H]1CC3)C(=O)O. The molecule has 0 spiro atoms. The molecule has 0 saturated heterocycles. The highest BCUT2D eigenvalue weighted by Crippen LogP contribution is 2.73. The molecule has 3 N–H and O–H groups in total. The van der Waals surface area contributed by atoms with Crippen molar-refractivity contribution in [3.8, 4) is 0 Å². The van der Waals surface area contributed by atoms with Gasteiger partial charge in [-0.05, 0) is 99.2 Å². The van der Waals surface area contributed by atoms with Gasteiger partial charge in [-0.3, -0.25) is 0 Å². The number of carboxylic acid groups (broad SMARTS) is 1. The summed E-state index contributed by atoms with van der Waals surface area (Å²) in [6.45, 7) is 15.6. The lowest BCUT2D eigenvalue weighted by Crippen LogP contribution is -2.58. The standard InChI is InChI=1S/C30H48O4/c1-19(25(32)33)9-8-10-20(2)30(34)18-17-28(6)22-11-12-23-26(3,4)24(31)14-15-27(23,5)21(22)13-16-29(28,30)7/h9,20,23-24,31,34H,8,10-18H2,1-7H3,(H,32,33)/b19-9+/t20-,23+,24-,27-,28+,29+,30+/m1/s1. The molecule has 4 aliphatic rings. The Bertz CT molecular complexity index is 915. The van der Waals surface area contributed by atoms with E-state index in [9.17, 15) is 15.0 Å². The number of carbonyl (C=O) groups is 1. The van der Waals surface area contributed by atoms with Crippen molar-refractivity contribution in [2.75, 3.05) is 0 Å². The molecule has 7 atom stereocenters. The van der Waals surface area contributed by atoms with Gasteiger partial charge in [0.1, 0.15) is 0 Å². The fraction of sp³-hybridized carbons (Fsp3) is 0.833. The summed E-state index contributed by atoms with van der Waals surface area (Å²) in [5.74, 6) is -0.227. The van der Waals surface area contributed by atoms with Gasteiger partial charge in [0, 0.05) is 11.0 Å². The zero-order valence-corrected chi connectivity index (χ0v) is 22.6. The number of aliphatic carboxylic acids is 1. The molecule has 0 aromatic rings. The molecule has 0 aromatic heterocycles. The highest BCUT2D eigenvalue weighted by Gasteiger charge is 2.68. The third kappa shape index (κ3) is 3.34. The molecule has 4 heteroatoms. The predicted octanol–water partition coefficient (Wildman–Crippen LogP) is 6.66. The maximum Gasteiger partial charge on any atom is 0.330 e. The topological polar surface area (TPSA) is 77.8 Å². The van der Waals surface area contributed by atoms with E-state index in [0.29, 0.717) is 17.9 Å². The molecule has 0 amide bonds. The number of allylic oxidation sites excluding steroid dienone is 3. The Hall–Kier alpha value is -1.13. The Balaban J connectivity index is 1.65. The van der Waals surface area contributed by atoms with Gasteiger partial charge in [-0.2, -0.15) is 0 Å². The Kier molecular flexibility index (Phi) is 6.26. The van der Waals surface area contributed by atoms with Crippen LogP contribution in [0.15, 0.2) is 22.8 Å². The van der Waals surface area contributed by atoms with E-state index in [1.54, 1.807) is 18.1 Å². The largest absolute Gasteiger partial charge is 0.478 e. The van der Waals surface area contributed by atoms with Crippen LogP contribution in [0, 0.1) is 33.5 Å². The molecule has 0 unspecified atom stereocenters. The average molecular weight is 473 g/mol. The second-order valence-corrected chi connectivity index (χ2v) is 13.6. The van der Waals surface area contributed by atoms with E-state index in [2.05, 4.69) is 41.5 Å². The molecule has 0 radical (unpaired) electrons. The van der Waals surface area contributed by atoms with Crippen molar-refractivity contribution < 1.29 is 20.1 Å². The van der Waals surface area contributed by atoms with Crippen molar-refractivity contribution in [2.45, 2.75) is 124 Å². The number of rotatable bonds is 5. The number of aliphatic hydroxyl groups excluding tert-OH is 1. The average Bonchev–Trinajstić information content (AvgIpc) is 2.99. The summed E-state index contributed by atoms with van der Waals surface area (Å²) >= 11 is 0. The molecule has 0 aliphatic heterocycles. The van der Waals surface area contributed by atoms with Crippen LogP contribution in [0.5, 0.6) is 0 Å². The Morgan fingerprint density at radius 3 is 2.35 bits per heavy atom. The van der Waals surface area contributed by atoms with E-state index >= 15 is 0 Å². The molecule has 192 valence electrons. The molecule has 4 nitrogen and oxygen atoms in total. The lowest BCUT2D eigenvalue weighted by molar-refractivity contribution is -0.138. The van der Waals surface area contributed by atoms with Crippen LogP contribution < -0.4 is 0 Å². The van der Waals surface area contributed by atoms with Crippen molar-refractivity contribution in [3.63, 3.8) is 0 Å². The van der Waals surface area contributed by atoms with Crippen LogP contribution in [0.25, 0.3) is 0 Å². The van der Waals surface area contributed by atoms with Gasteiger partial charge in [0.2, 0.25) is 0 Å². The van der Waals surface area contributed by atoms with Gasteiger partial charge >= 0.3 is 5.97 Å². The van der Waals surface area contributed by atoms with E-state index < -0.39 is 11.6 Å². The number of hydrogen-bond donors (Lipinski definition) is 3. The monoisotopic (exact) mass is 472 g/mol. The smallest absolute Gasteiger partial charge is 0.330 e.